The fourth-order valence-electron chi connectivity index (χ4n) is 3.71. The minimum absolute atomic E-state index is 0.0733. The summed E-state index contributed by atoms with van der Waals surface area (Å²) in [5.74, 6) is -1.30. The molecular formula is C22H26F2N2O2S. The lowest BCUT2D eigenvalue weighted by Crippen LogP contribution is -2.35. The van der Waals surface area contributed by atoms with Gasteiger partial charge in [-0.15, -0.1) is 11.3 Å². The van der Waals surface area contributed by atoms with Gasteiger partial charge in [0.05, 0.1) is 4.88 Å². The van der Waals surface area contributed by atoms with Crippen LogP contribution in [0.25, 0.3) is 0 Å². The Labute approximate surface area is 173 Å². The molecule has 1 atom stereocenters. The summed E-state index contributed by atoms with van der Waals surface area (Å²) >= 11 is 1.49. The number of amides is 1. The molecule has 29 heavy (non-hydrogen) atoms. The first-order valence-electron chi connectivity index (χ1n) is 9.92. The van der Waals surface area contributed by atoms with E-state index in [-0.39, 0.29) is 18.2 Å². The van der Waals surface area contributed by atoms with Crippen molar-refractivity contribution >= 4 is 23.0 Å². The molecule has 1 amide bonds. The standard InChI is InChI=1S/C22H26F2N2O2S/c1-15(27)21-10-18(14-29-21)13-26-8-2-3-16(12-26)5-7-22(28)25-11-17-4-6-19(23)20(24)9-17/h4,6,9-10,14,16H,2-3,5,7-8,11-13H2,1H3,(H,25,28). The molecule has 156 valence electrons. The number of hydrogen-bond donors (Lipinski definition) is 1. The third-order valence-electron chi connectivity index (χ3n) is 5.26. The predicted molar refractivity (Wildman–Crippen MR) is 110 cm³/mol. The second-order valence-corrected chi connectivity index (χ2v) is 8.59. The van der Waals surface area contributed by atoms with Crippen LogP contribution in [0.1, 0.15) is 53.4 Å². The summed E-state index contributed by atoms with van der Waals surface area (Å²) in [4.78, 5) is 26.8. The van der Waals surface area contributed by atoms with Crippen LogP contribution >= 0.6 is 11.3 Å². The van der Waals surface area contributed by atoms with E-state index in [4.69, 9.17) is 0 Å². The first-order valence-corrected chi connectivity index (χ1v) is 10.8. The maximum atomic E-state index is 13.2. The summed E-state index contributed by atoms with van der Waals surface area (Å²) in [6, 6.07) is 5.62. The highest BCUT2D eigenvalue weighted by molar-refractivity contribution is 7.12. The minimum atomic E-state index is -0.903. The highest BCUT2D eigenvalue weighted by Gasteiger charge is 2.21. The van der Waals surface area contributed by atoms with Crippen molar-refractivity contribution in [1.29, 1.82) is 0 Å². The molecule has 1 aromatic carbocycles. The molecule has 0 bridgehead atoms. The van der Waals surface area contributed by atoms with E-state index in [1.807, 2.05) is 11.4 Å². The number of benzene rings is 1. The van der Waals surface area contributed by atoms with Gasteiger partial charge in [0.2, 0.25) is 5.91 Å². The van der Waals surface area contributed by atoms with Crippen molar-refractivity contribution in [3.63, 3.8) is 0 Å². The largest absolute Gasteiger partial charge is 0.352 e. The van der Waals surface area contributed by atoms with Gasteiger partial charge < -0.3 is 5.32 Å². The first-order chi connectivity index (χ1) is 13.9. The number of ketones is 1. The topological polar surface area (TPSA) is 49.4 Å². The molecule has 2 aromatic rings. The number of rotatable bonds is 8. The molecule has 3 rings (SSSR count). The van der Waals surface area contributed by atoms with E-state index in [0.717, 1.165) is 55.9 Å². The maximum absolute atomic E-state index is 13.2. The summed E-state index contributed by atoms with van der Waals surface area (Å²) in [7, 11) is 0. The molecule has 7 heteroatoms. The van der Waals surface area contributed by atoms with Gasteiger partial charge in [-0.1, -0.05) is 6.07 Å². The number of thiophene rings is 1. The van der Waals surface area contributed by atoms with Gasteiger partial charge in [-0.25, -0.2) is 8.78 Å². The SMILES string of the molecule is CC(=O)c1cc(CN2CCCC(CCC(=O)NCc3ccc(F)c(F)c3)C2)cs1. The van der Waals surface area contributed by atoms with Crippen LogP contribution in [0.15, 0.2) is 29.6 Å². The highest BCUT2D eigenvalue weighted by atomic mass is 32.1. The van der Waals surface area contributed by atoms with Crippen molar-refractivity contribution in [3.8, 4) is 0 Å². The monoisotopic (exact) mass is 420 g/mol. The molecule has 4 nitrogen and oxygen atoms in total. The van der Waals surface area contributed by atoms with E-state index in [1.165, 1.54) is 23.0 Å². The Morgan fingerprint density at radius 1 is 1.21 bits per heavy atom. The Balaban J connectivity index is 1.40. The number of likely N-dealkylation sites (tertiary alicyclic amines) is 1. The molecule has 2 heterocycles. The number of nitrogens with one attached hydrogen (secondary N) is 1. The predicted octanol–water partition coefficient (Wildman–Crippen LogP) is 4.54. The van der Waals surface area contributed by atoms with Gasteiger partial charge >= 0.3 is 0 Å². The molecule has 1 aliphatic heterocycles. The Morgan fingerprint density at radius 3 is 2.76 bits per heavy atom. The van der Waals surface area contributed by atoms with E-state index < -0.39 is 11.6 Å². The van der Waals surface area contributed by atoms with E-state index in [2.05, 4.69) is 10.2 Å². The zero-order chi connectivity index (χ0) is 20.8. The van der Waals surface area contributed by atoms with Crippen LogP contribution < -0.4 is 5.32 Å². The lowest BCUT2D eigenvalue weighted by molar-refractivity contribution is -0.121. The van der Waals surface area contributed by atoms with Crippen LogP contribution in [0.3, 0.4) is 0 Å². The van der Waals surface area contributed by atoms with Crippen molar-refractivity contribution < 1.29 is 18.4 Å². The van der Waals surface area contributed by atoms with Crippen molar-refractivity contribution in [2.45, 2.75) is 45.7 Å². The minimum Gasteiger partial charge on any atom is -0.352 e. The molecule has 1 N–H and O–H groups in total. The molecule has 0 spiro atoms. The maximum Gasteiger partial charge on any atom is 0.220 e. The van der Waals surface area contributed by atoms with Gasteiger partial charge in [-0.05, 0) is 73.4 Å². The van der Waals surface area contributed by atoms with Gasteiger partial charge in [-0.3, -0.25) is 14.5 Å². The van der Waals surface area contributed by atoms with Gasteiger partial charge in [-0.2, -0.15) is 0 Å². The molecule has 0 aliphatic carbocycles. The van der Waals surface area contributed by atoms with Crippen molar-refractivity contribution in [3.05, 3.63) is 57.3 Å². The average molecular weight is 421 g/mol. The van der Waals surface area contributed by atoms with Crippen LogP contribution in [-0.4, -0.2) is 29.7 Å². The molecule has 1 fully saturated rings. The molecular weight excluding hydrogens is 394 g/mol. The van der Waals surface area contributed by atoms with E-state index in [0.29, 0.717) is 17.9 Å². The number of carbonyl (C=O) groups excluding carboxylic acids is 2. The summed E-state index contributed by atoms with van der Waals surface area (Å²) in [5.41, 5.74) is 1.71. The first kappa shape index (κ1) is 21.6. The van der Waals surface area contributed by atoms with E-state index >= 15 is 0 Å². The number of Topliss-reactive ketones (excluding diaryl/α,β-unsaturated/α-hetero) is 1. The zero-order valence-corrected chi connectivity index (χ0v) is 17.4. The van der Waals surface area contributed by atoms with E-state index in [1.54, 1.807) is 6.92 Å². The van der Waals surface area contributed by atoms with Gasteiger partial charge in [0.25, 0.3) is 0 Å². The summed E-state index contributed by atoms with van der Waals surface area (Å²) in [5, 5.41) is 4.83. The fourth-order valence-corrected chi connectivity index (χ4v) is 4.51. The molecule has 0 saturated carbocycles. The Kier molecular flexibility index (Phi) is 7.50. The smallest absolute Gasteiger partial charge is 0.220 e. The Bertz CT molecular complexity index is 868. The van der Waals surface area contributed by atoms with Gasteiger partial charge in [0.1, 0.15) is 0 Å². The van der Waals surface area contributed by atoms with Crippen LogP contribution in [-0.2, 0) is 17.9 Å². The third kappa shape index (κ3) is 6.44. The molecule has 0 radical (unpaired) electrons. The zero-order valence-electron chi connectivity index (χ0n) is 16.5. The summed E-state index contributed by atoms with van der Waals surface area (Å²) in [6.45, 7) is 4.60. The average Bonchev–Trinajstić information content (AvgIpc) is 3.16. The van der Waals surface area contributed by atoms with Crippen LogP contribution in [0.5, 0.6) is 0 Å². The quantitative estimate of drug-likeness (QED) is 0.638. The molecule has 1 aromatic heterocycles. The van der Waals surface area contributed by atoms with Crippen molar-refractivity contribution in [2.24, 2.45) is 5.92 Å². The fraction of sp³-hybridized carbons (Fsp3) is 0.455. The molecule has 1 saturated heterocycles. The molecule has 1 aliphatic rings. The van der Waals surface area contributed by atoms with Crippen LogP contribution in [0.2, 0.25) is 0 Å². The number of hydrogen-bond acceptors (Lipinski definition) is 4. The Morgan fingerprint density at radius 2 is 2.03 bits per heavy atom. The summed E-state index contributed by atoms with van der Waals surface area (Å²) in [6.07, 6.45) is 3.44. The second kappa shape index (κ2) is 10.1. The summed E-state index contributed by atoms with van der Waals surface area (Å²) < 4.78 is 26.2. The third-order valence-corrected chi connectivity index (χ3v) is 6.34. The van der Waals surface area contributed by atoms with Crippen LogP contribution in [0.4, 0.5) is 8.78 Å². The van der Waals surface area contributed by atoms with Crippen molar-refractivity contribution in [1.82, 2.24) is 10.2 Å². The lowest BCUT2D eigenvalue weighted by Gasteiger charge is -2.32. The number of piperidine rings is 1. The number of carbonyl (C=O) groups is 2. The van der Waals surface area contributed by atoms with Gasteiger partial charge in [0.15, 0.2) is 17.4 Å². The Hall–Kier alpha value is -2.12. The van der Waals surface area contributed by atoms with Gasteiger partial charge in [0, 0.05) is 26.1 Å². The number of nitrogens with zero attached hydrogens (tertiary/aromatic N) is 1. The van der Waals surface area contributed by atoms with E-state index in [9.17, 15) is 18.4 Å². The van der Waals surface area contributed by atoms with Crippen LogP contribution in [0, 0.1) is 17.6 Å². The normalized spacial score (nSPS) is 17.3. The number of halogens is 2. The molecule has 1 unspecified atom stereocenters. The lowest BCUT2D eigenvalue weighted by atomic mass is 9.93. The van der Waals surface area contributed by atoms with Crippen molar-refractivity contribution in [2.75, 3.05) is 13.1 Å². The second-order valence-electron chi connectivity index (χ2n) is 7.68. The highest BCUT2D eigenvalue weighted by Crippen LogP contribution is 2.24.